The van der Waals surface area contributed by atoms with Crippen LogP contribution in [0.15, 0.2) is 54.6 Å². The number of rotatable bonds is 6. The van der Waals surface area contributed by atoms with Gasteiger partial charge in [0.2, 0.25) is 5.91 Å². The summed E-state index contributed by atoms with van der Waals surface area (Å²) in [6, 6.07) is 12.8. The summed E-state index contributed by atoms with van der Waals surface area (Å²) in [4.78, 5) is 12.0. The van der Waals surface area contributed by atoms with Gasteiger partial charge in [-0.2, -0.15) is 0 Å². The van der Waals surface area contributed by atoms with Crippen molar-refractivity contribution in [3.63, 3.8) is 0 Å². The van der Waals surface area contributed by atoms with Gasteiger partial charge < -0.3 is 15.2 Å². The molecule has 0 heterocycles. The largest absolute Gasteiger partial charge is 0.491 e. The van der Waals surface area contributed by atoms with E-state index in [4.69, 9.17) is 9.84 Å². The lowest BCUT2D eigenvalue weighted by Gasteiger charge is -2.07. The van der Waals surface area contributed by atoms with Gasteiger partial charge in [0.1, 0.15) is 18.2 Å². The molecule has 0 saturated heterocycles. The van der Waals surface area contributed by atoms with Crippen molar-refractivity contribution in [2.75, 3.05) is 18.5 Å². The summed E-state index contributed by atoms with van der Waals surface area (Å²) in [7, 11) is 0. The van der Waals surface area contributed by atoms with E-state index in [1.54, 1.807) is 43.3 Å². The van der Waals surface area contributed by atoms with Gasteiger partial charge in [0.05, 0.1) is 6.61 Å². The average molecular weight is 315 g/mol. The van der Waals surface area contributed by atoms with Crippen molar-refractivity contribution in [2.45, 2.75) is 6.92 Å². The van der Waals surface area contributed by atoms with Gasteiger partial charge in [0.25, 0.3) is 0 Å². The molecule has 0 saturated carbocycles. The number of allylic oxidation sites excluding steroid dienone is 1. The number of nitrogens with one attached hydrogen (secondary N) is 1. The number of carbonyl (C=O) groups is 1. The first-order chi connectivity index (χ1) is 11.1. The molecular formula is C18H18FNO3. The molecular weight excluding hydrogens is 297 g/mol. The highest BCUT2D eigenvalue weighted by Crippen LogP contribution is 2.17. The second-order valence-electron chi connectivity index (χ2n) is 4.92. The van der Waals surface area contributed by atoms with Crippen LogP contribution >= 0.6 is 0 Å². The first kappa shape index (κ1) is 16.7. The van der Waals surface area contributed by atoms with E-state index in [9.17, 15) is 9.18 Å². The minimum atomic E-state index is -0.311. The van der Waals surface area contributed by atoms with E-state index in [1.807, 2.05) is 0 Å². The minimum Gasteiger partial charge on any atom is -0.491 e. The normalized spacial score (nSPS) is 11.2. The van der Waals surface area contributed by atoms with Crippen molar-refractivity contribution >= 4 is 17.2 Å². The molecule has 0 aromatic heterocycles. The fourth-order valence-electron chi connectivity index (χ4n) is 1.97. The molecule has 0 unspecified atom stereocenters. The van der Waals surface area contributed by atoms with Gasteiger partial charge in [0.15, 0.2) is 0 Å². The van der Waals surface area contributed by atoms with E-state index in [0.29, 0.717) is 11.4 Å². The SMILES string of the molecule is C/C(=C/C(=O)Nc1ccc(OCCO)cc1)c1ccc(F)cc1. The number of hydrogen-bond donors (Lipinski definition) is 2. The molecule has 2 aromatic carbocycles. The number of ether oxygens (including phenoxy) is 1. The molecule has 2 rings (SSSR count). The molecule has 1 amide bonds. The highest BCUT2D eigenvalue weighted by atomic mass is 19.1. The lowest BCUT2D eigenvalue weighted by atomic mass is 10.1. The number of aliphatic hydroxyl groups is 1. The number of aliphatic hydroxyl groups excluding tert-OH is 1. The van der Waals surface area contributed by atoms with Gasteiger partial charge in [-0.3, -0.25) is 4.79 Å². The van der Waals surface area contributed by atoms with Crippen LogP contribution in [0.3, 0.4) is 0 Å². The van der Waals surface area contributed by atoms with Crippen LogP contribution in [-0.2, 0) is 4.79 Å². The fraction of sp³-hybridized carbons (Fsp3) is 0.167. The van der Waals surface area contributed by atoms with Gasteiger partial charge in [-0.25, -0.2) is 4.39 Å². The van der Waals surface area contributed by atoms with Gasteiger partial charge in [-0.15, -0.1) is 0 Å². The minimum absolute atomic E-state index is 0.0497. The maximum absolute atomic E-state index is 12.9. The van der Waals surface area contributed by atoms with Crippen molar-refractivity contribution in [3.8, 4) is 5.75 Å². The fourth-order valence-corrected chi connectivity index (χ4v) is 1.97. The Morgan fingerprint density at radius 2 is 1.83 bits per heavy atom. The number of halogens is 1. The van der Waals surface area contributed by atoms with Crippen molar-refractivity contribution in [1.82, 2.24) is 0 Å². The molecule has 0 aliphatic heterocycles. The van der Waals surface area contributed by atoms with E-state index >= 15 is 0 Å². The predicted molar refractivity (Wildman–Crippen MR) is 87.7 cm³/mol. The molecule has 0 spiro atoms. The van der Waals surface area contributed by atoms with Gasteiger partial charge in [0, 0.05) is 11.8 Å². The highest BCUT2D eigenvalue weighted by molar-refractivity contribution is 6.03. The maximum Gasteiger partial charge on any atom is 0.248 e. The van der Waals surface area contributed by atoms with E-state index in [0.717, 1.165) is 11.1 Å². The van der Waals surface area contributed by atoms with Crippen LogP contribution in [0.2, 0.25) is 0 Å². The Hall–Kier alpha value is -2.66. The summed E-state index contributed by atoms with van der Waals surface area (Å²) in [5.74, 6) is 0.0421. The van der Waals surface area contributed by atoms with Crippen LogP contribution < -0.4 is 10.1 Å². The Balaban J connectivity index is 1.98. The van der Waals surface area contributed by atoms with Crippen LogP contribution in [-0.4, -0.2) is 24.2 Å². The zero-order chi connectivity index (χ0) is 16.7. The van der Waals surface area contributed by atoms with E-state index in [2.05, 4.69) is 5.32 Å². The zero-order valence-electron chi connectivity index (χ0n) is 12.8. The van der Waals surface area contributed by atoms with E-state index < -0.39 is 0 Å². The van der Waals surface area contributed by atoms with E-state index in [1.165, 1.54) is 18.2 Å². The number of benzene rings is 2. The third-order valence-electron chi connectivity index (χ3n) is 3.13. The quantitative estimate of drug-likeness (QED) is 0.805. The Bertz CT molecular complexity index is 678. The number of hydrogen-bond acceptors (Lipinski definition) is 3. The van der Waals surface area contributed by atoms with Crippen LogP contribution in [0.5, 0.6) is 5.75 Å². The van der Waals surface area contributed by atoms with Gasteiger partial charge in [-0.1, -0.05) is 12.1 Å². The molecule has 0 atom stereocenters. The van der Waals surface area contributed by atoms with Crippen molar-refractivity contribution < 1.29 is 19.0 Å². The number of carbonyl (C=O) groups excluding carboxylic acids is 1. The molecule has 2 aromatic rings. The number of anilines is 1. The summed E-state index contributed by atoms with van der Waals surface area (Å²) < 4.78 is 18.1. The predicted octanol–water partition coefficient (Wildman–Crippen LogP) is 3.24. The Morgan fingerprint density at radius 3 is 2.43 bits per heavy atom. The van der Waals surface area contributed by atoms with Crippen molar-refractivity contribution in [3.05, 3.63) is 66.0 Å². The number of amides is 1. The molecule has 0 aliphatic carbocycles. The summed E-state index contributed by atoms with van der Waals surface area (Å²) >= 11 is 0. The second-order valence-corrected chi connectivity index (χ2v) is 4.92. The lowest BCUT2D eigenvalue weighted by Crippen LogP contribution is -2.08. The Labute approximate surface area is 134 Å². The summed E-state index contributed by atoms with van der Waals surface area (Å²) in [5.41, 5.74) is 2.16. The molecule has 5 heteroatoms. The molecule has 0 aliphatic rings. The van der Waals surface area contributed by atoms with Crippen LogP contribution in [0.25, 0.3) is 5.57 Å². The molecule has 23 heavy (non-hydrogen) atoms. The standard InChI is InChI=1S/C18H18FNO3/c1-13(14-2-4-15(19)5-3-14)12-18(22)20-16-6-8-17(9-7-16)23-11-10-21/h2-9,12,21H,10-11H2,1H3,(H,20,22)/b13-12-. The zero-order valence-corrected chi connectivity index (χ0v) is 12.8. The molecule has 0 fully saturated rings. The first-order valence-corrected chi connectivity index (χ1v) is 7.17. The highest BCUT2D eigenvalue weighted by Gasteiger charge is 2.03. The summed E-state index contributed by atoms with van der Waals surface area (Å²) in [6.45, 7) is 1.97. The van der Waals surface area contributed by atoms with Crippen LogP contribution in [0.1, 0.15) is 12.5 Å². The monoisotopic (exact) mass is 315 g/mol. The third kappa shape index (κ3) is 5.23. The summed E-state index contributed by atoms with van der Waals surface area (Å²) in [6.07, 6.45) is 1.46. The topological polar surface area (TPSA) is 58.6 Å². The average Bonchev–Trinajstić information content (AvgIpc) is 2.54. The maximum atomic E-state index is 12.9. The van der Waals surface area contributed by atoms with Gasteiger partial charge >= 0.3 is 0 Å². The molecule has 2 N–H and O–H groups in total. The van der Waals surface area contributed by atoms with E-state index in [-0.39, 0.29) is 24.9 Å². The Kier molecular flexibility index (Phi) is 5.88. The molecule has 0 radical (unpaired) electrons. The van der Waals surface area contributed by atoms with Crippen molar-refractivity contribution in [2.24, 2.45) is 0 Å². The van der Waals surface area contributed by atoms with Crippen molar-refractivity contribution in [1.29, 1.82) is 0 Å². The smallest absolute Gasteiger partial charge is 0.248 e. The van der Waals surface area contributed by atoms with Gasteiger partial charge in [-0.05, 0) is 54.5 Å². The third-order valence-corrected chi connectivity index (χ3v) is 3.13. The molecule has 4 nitrogen and oxygen atoms in total. The van der Waals surface area contributed by atoms with Crippen LogP contribution in [0, 0.1) is 5.82 Å². The molecule has 0 bridgehead atoms. The second kappa shape index (κ2) is 8.10. The summed E-state index contributed by atoms with van der Waals surface area (Å²) in [5, 5.41) is 11.4. The van der Waals surface area contributed by atoms with Crippen LogP contribution in [0.4, 0.5) is 10.1 Å². The lowest BCUT2D eigenvalue weighted by molar-refractivity contribution is -0.111. The molecule has 120 valence electrons. The Morgan fingerprint density at radius 1 is 1.17 bits per heavy atom. The first-order valence-electron chi connectivity index (χ1n) is 7.17.